The van der Waals surface area contributed by atoms with Gasteiger partial charge in [-0.3, -0.25) is 0 Å². The van der Waals surface area contributed by atoms with Gasteiger partial charge in [0.1, 0.15) is 0 Å². The highest BCUT2D eigenvalue weighted by molar-refractivity contribution is 6.34. The van der Waals surface area contributed by atoms with Gasteiger partial charge in [0.15, 0.2) is 0 Å². The van der Waals surface area contributed by atoms with Crippen LogP contribution in [0.15, 0.2) is 64.4 Å². The minimum atomic E-state index is 0.326. The van der Waals surface area contributed by atoms with E-state index in [0.29, 0.717) is 10.7 Å². The van der Waals surface area contributed by atoms with E-state index in [1.807, 2.05) is 18.2 Å². The van der Waals surface area contributed by atoms with Gasteiger partial charge < -0.3 is 11.2 Å². The molecule has 0 radical (unpaired) electrons. The Morgan fingerprint density at radius 1 is 1.59 bits per heavy atom. The second-order valence-electron chi connectivity index (χ2n) is 3.42. The van der Waals surface area contributed by atoms with E-state index in [-0.39, 0.29) is 0 Å². The lowest BCUT2D eigenvalue weighted by atomic mass is 10.1. The Kier molecular flexibility index (Phi) is 5.30. The quantitative estimate of drug-likeness (QED) is 0.457. The lowest BCUT2D eigenvalue weighted by Crippen LogP contribution is -2.07. The first kappa shape index (κ1) is 13.3. The predicted octanol–water partition coefficient (Wildman–Crippen LogP) is 2.60. The van der Waals surface area contributed by atoms with Crippen LogP contribution in [0.3, 0.4) is 0 Å². The molecule has 0 unspecified atom stereocenters. The first-order chi connectivity index (χ1) is 8.15. The molecular formula is C13H16ClN3. The average molecular weight is 250 g/mol. The van der Waals surface area contributed by atoms with Crippen LogP contribution in [-0.2, 0) is 0 Å². The normalized spacial score (nSPS) is 16.5. The molecule has 0 atom stereocenters. The lowest BCUT2D eigenvalue weighted by molar-refractivity contribution is 0.902. The molecule has 0 saturated heterocycles. The molecule has 3 N–H and O–H groups in total. The zero-order valence-corrected chi connectivity index (χ0v) is 10.5. The lowest BCUT2D eigenvalue weighted by Gasteiger charge is -2.04. The predicted molar refractivity (Wildman–Crippen MR) is 74.7 cm³/mol. The van der Waals surface area contributed by atoms with E-state index in [1.165, 1.54) is 0 Å². The summed E-state index contributed by atoms with van der Waals surface area (Å²) in [7, 11) is 1.73. The highest BCUT2D eigenvalue weighted by Crippen LogP contribution is 2.13. The molecule has 1 aliphatic rings. The zero-order valence-electron chi connectivity index (χ0n) is 9.78. The van der Waals surface area contributed by atoms with Gasteiger partial charge in [0.25, 0.3) is 0 Å². The van der Waals surface area contributed by atoms with Crippen LogP contribution in [0.2, 0.25) is 0 Å². The second kappa shape index (κ2) is 6.76. The second-order valence-corrected chi connectivity index (χ2v) is 3.83. The first-order valence-electron chi connectivity index (χ1n) is 5.25. The van der Waals surface area contributed by atoms with Crippen molar-refractivity contribution < 1.29 is 0 Å². The van der Waals surface area contributed by atoms with Crippen molar-refractivity contribution in [2.75, 3.05) is 7.05 Å². The van der Waals surface area contributed by atoms with E-state index in [1.54, 1.807) is 13.1 Å². The molecule has 4 heteroatoms. The van der Waals surface area contributed by atoms with Gasteiger partial charge in [-0.1, -0.05) is 48.6 Å². The van der Waals surface area contributed by atoms with Crippen molar-refractivity contribution in [2.45, 2.75) is 6.42 Å². The number of hydrogen-bond acceptors (Lipinski definition) is 3. The van der Waals surface area contributed by atoms with E-state index in [0.717, 1.165) is 17.7 Å². The minimum Gasteiger partial charge on any atom is -0.398 e. The fourth-order valence-electron chi connectivity index (χ4n) is 1.28. The van der Waals surface area contributed by atoms with E-state index in [9.17, 15) is 0 Å². The molecule has 0 aliphatic heterocycles. The van der Waals surface area contributed by atoms with Crippen LogP contribution < -0.4 is 11.2 Å². The Balaban J connectivity index is 3.03. The molecule has 3 nitrogen and oxygen atoms in total. The maximum absolute atomic E-state index is 5.97. The summed E-state index contributed by atoms with van der Waals surface area (Å²) < 4.78 is 0. The third-order valence-corrected chi connectivity index (χ3v) is 2.45. The van der Waals surface area contributed by atoms with Crippen molar-refractivity contribution in [2.24, 2.45) is 10.8 Å². The number of allylic oxidation sites excluding steroid dienone is 8. The summed E-state index contributed by atoms with van der Waals surface area (Å²) in [5.74, 6) is 0. The number of hydrogen-bond donors (Lipinski definition) is 2. The van der Waals surface area contributed by atoms with Gasteiger partial charge in [0, 0.05) is 12.7 Å². The highest BCUT2D eigenvalue weighted by Gasteiger charge is 2.04. The van der Waals surface area contributed by atoms with E-state index < -0.39 is 0 Å². The summed E-state index contributed by atoms with van der Waals surface area (Å²) in [6.07, 6.45) is 12.6. The fraction of sp³-hybridized carbons (Fsp3) is 0.154. The Labute approximate surface area is 107 Å². The van der Waals surface area contributed by atoms with Crippen molar-refractivity contribution in [1.29, 1.82) is 0 Å². The van der Waals surface area contributed by atoms with Gasteiger partial charge in [-0.05, 0) is 18.1 Å². The highest BCUT2D eigenvalue weighted by atomic mass is 35.5. The first-order valence-corrected chi connectivity index (χ1v) is 5.63. The maximum Gasteiger partial charge on any atom is 0.0913 e. The van der Waals surface area contributed by atoms with Crippen molar-refractivity contribution in [3.8, 4) is 0 Å². The van der Waals surface area contributed by atoms with Gasteiger partial charge >= 0.3 is 0 Å². The van der Waals surface area contributed by atoms with Gasteiger partial charge in [-0.15, -0.1) is 0 Å². The summed E-state index contributed by atoms with van der Waals surface area (Å²) in [6.45, 7) is 3.58. The molecule has 0 spiro atoms. The van der Waals surface area contributed by atoms with Gasteiger partial charge in [0.2, 0.25) is 0 Å². The average Bonchev–Trinajstić information content (AvgIpc) is 2.56. The fourth-order valence-corrected chi connectivity index (χ4v) is 1.39. The molecule has 17 heavy (non-hydrogen) atoms. The molecule has 0 fully saturated rings. The largest absolute Gasteiger partial charge is 0.398 e. The molecule has 90 valence electrons. The number of hydrazone groups is 1. The molecule has 0 aromatic rings. The molecule has 0 aromatic carbocycles. The Morgan fingerprint density at radius 2 is 2.35 bits per heavy atom. The van der Waals surface area contributed by atoms with E-state index in [2.05, 4.69) is 29.3 Å². The SMILES string of the molecule is C=C(N)/C(Cl)=C\C(=NNC)C1=CCC=CC=C1. The van der Waals surface area contributed by atoms with Crippen LogP contribution in [0.1, 0.15) is 6.42 Å². The van der Waals surface area contributed by atoms with Crippen LogP contribution in [0.4, 0.5) is 0 Å². The monoisotopic (exact) mass is 249 g/mol. The van der Waals surface area contributed by atoms with Gasteiger partial charge in [0.05, 0.1) is 10.7 Å². The van der Waals surface area contributed by atoms with Crippen molar-refractivity contribution in [3.05, 3.63) is 59.3 Å². The Morgan fingerprint density at radius 3 is 3.00 bits per heavy atom. The number of nitrogens with one attached hydrogen (secondary N) is 1. The Hall–Kier alpha value is -1.74. The third kappa shape index (κ3) is 4.33. The molecule has 0 bridgehead atoms. The Bertz CT molecular complexity index is 440. The zero-order chi connectivity index (χ0) is 12.7. The number of nitrogens with zero attached hydrogens (tertiary/aromatic N) is 1. The van der Waals surface area contributed by atoms with Crippen molar-refractivity contribution in [3.63, 3.8) is 0 Å². The van der Waals surface area contributed by atoms with Crippen LogP contribution in [0.25, 0.3) is 0 Å². The molecular weight excluding hydrogens is 234 g/mol. The van der Waals surface area contributed by atoms with Crippen LogP contribution in [0, 0.1) is 0 Å². The van der Waals surface area contributed by atoms with E-state index >= 15 is 0 Å². The van der Waals surface area contributed by atoms with E-state index in [4.69, 9.17) is 17.3 Å². The topological polar surface area (TPSA) is 50.4 Å². The minimum absolute atomic E-state index is 0.326. The van der Waals surface area contributed by atoms with Gasteiger partial charge in [-0.25, -0.2) is 0 Å². The van der Waals surface area contributed by atoms with Crippen molar-refractivity contribution in [1.82, 2.24) is 5.43 Å². The number of nitrogens with two attached hydrogens (primary N) is 1. The molecule has 0 heterocycles. The number of rotatable bonds is 4. The molecule has 0 saturated carbocycles. The van der Waals surface area contributed by atoms with Crippen LogP contribution in [-0.4, -0.2) is 12.8 Å². The summed E-state index contributed by atoms with van der Waals surface area (Å²) in [6, 6.07) is 0. The van der Waals surface area contributed by atoms with Crippen LogP contribution >= 0.6 is 11.6 Å². The van der Waals surface area contributed by atoms with Gasteiger partial charge in [-0.2, -0.15) is 5.10 Å². The van der Waals surface area contributed by atoms with Crippen LogP contribution in [0.5, 0.6) is 0 Å². The molecule has 0 amide bonds. The maximum atomic E-state index is 5.97. The smallest absolute Gasteiger partial charge is 0.0913 e. The third-order valence-electron chi connectivity index (χ3n) is 2.10. The summed E-state index contributed by atoms with van der Waals surface area (Å²) in [4.78, 5) is 0. The summed E-state index contributed by atoms with van der Waals surface area (Å²) >= 11 is 5.97. The summed E-state index contributed by atoms with van der Waals surface area (Å²) in [5, 5.41) is 4.57. The number of halogens is 1. The summed E-state index contributed by atoms with van der Waals surface area (Å²) in [5.41, 5.74) is 10.3. The molecule has 1 rings (SSSR count). The molecule has 0 aromatic heterocycles. The van der Waals surface area contributed by atoms with Crippen molar-refractivity contribution >= 4 is 17.3 Å². The molecule has 1 aliphatic carbocycles. The standard InChI is InChI=1S/C13H16ClN3/c1-10(15)12(14)9-13(17-16-2)11-7-5-3-4-6-8-11/h3-5,7-9,16H,1,6,15H2,2H3/b12-9+,17-13?.